The molecule has 0 spiro atoms. The fourth-order valence-electron chi connectivity index (χ4n) is 6.61. The van der Waals surface area contributed by atoms with Gasteiger partial charge in [-0.2, -0.15) is 0 Å². The van der Waals surface area contributed by atoms with Gasteiger partial charge in [0, 0.05) is 31.0 Å². The van der Waals surface area contributed by atoms with E-state index in [0.29, 0.717) is 29.2 Å². The Bertz CT molecular complexity index is 1670. The van der Waals surface area contributed by atoms with E-state index in [0.717, 1.165) is 24.1 Å². The third-order valence-corrected chi connectivity index (χ3v) is 8.99. The Balaban J connectivity index is 1.34. The molecular weight excluding hydrogens is 636 g/mol. The lowest BCUT2D eigenvalue weighted by Crippen LogP contribution is -2.39. The zero-order chi connectivity index (χ0) is 34.7. The van der Waals surface area contributed by atoms with Crippen molar-refractivity contribution in [3.05, 3.63) is 76.9 Å². The van der Waals surface area contributed by atoms with Crippen LogP contribution in [0.25, 0.3) is 0 Å². The number of nitrogens with zero attached hydrogens (tertiary/aromatic N) is 2. The zero-order valence-corrected chi connectivity index (χ0v) is 28.1. The van der Waals surface area contributed by atoms with Crippen molar-refractivity contribution in [3.63, 3.8) is 0 Å². The molecule has 2 heterocycles. The summed E-state index contributed by atoms with van der Waals surface area (Å²) in [5, 5.41) is 0. The van der Waals surface area contributed by atoms with Crippen LogP contribution in [0.1, 0.15) is 40.7 Å². The first-order chi connectivity index (χ1) is 23.7. The standard InChI is InChI=1S/C36H40N2O11/c1-37(2)12-9-13-38(3)35(40)48-32-24-17-27-26(46-20-47-27)16-23(24)30(25-19-44-34(39)31(25)32)22-14-28(42-4)33(29(15-22)43-5)49-36(41)45-18-21-10-7-6-8-11-21/h6-8,10-11,14-17,25,30-32H,9,12-13,18-20H2,1-5H3/t25-,30+,31+,32-/m0/s1. The predicted molar refractivity (Wildman–Crippen MR) is 174 cm³/mol. The van der Waals surface area contributed by atoms with E-state index in [4.69, 9.17) is 37.9 Å². The number of fused-ring (bicyclic) bond motifs is 3. The quantitative estimate of drug-likeness (QED) is 0.151. The van der Waals surface area contributed by atoms with E-state index in [-0.39, 0.29) is 37.3 Å². The molecule has 3 aliphatic rings. The lowest BCUT2D eigenvalue weighted by Gasteiger charge is -2.39. The molecule has 6 rings (SSSR count). The number of carbonyl (C=O) groups excluding carboxylic acids is 3. The second-order valence-corrected chi connectivity index (χ2v) is 12.4. The van der Waals surface area contributed by atoms with Crippen LogP contribution in [-0.4, -0.2) is 89.9 Å². The van der Waals surface area contributed by atoms with Crippen molar-refractivity contribution in [1.29, 1.82) is 0 Å². The number of amides is 1. The Morgan fingerprint density at radius 3 is 2.20 bits per heavy atom. The van der Waals surface area contributed by atoms with Crippen molar-refractivity contribution < 1.29 is 52.3 Å². The van der Waals surface area contributed by atoms with Crippen molar-refractivity contribution in [2.75, 3.05) is 61.9 Å². The molecule has 0 unspecified atom stereocenters. The number of ether oxygens (including phenoxy) is 8. The van der Waals surface area contributed by atoms with Gasteiger partial charge < -0.3 is 47.7 Å². The van der Waals surface area contributed by atoms with Gasteiger partial charge >= 0.3 is 18.2 Å². The molecule has 1 amide bonds. The van der Waals surface area contributed by atoms with Gasteiger partial charge in [-0.1, -0.05) is 30.3 Å². The Hall–Kier alpha value is -5.17. The summed E-state index contributed by atoms with van der Waals surface area (Å²) in [5.41, 5.74) is 2.86. The smallest absolute Gasteiger partial charge is 0.493 e. The first-order valence-electron chi connectivity index (χ1n) is 16.0. The van der Waals surface area contributed by atoms with Gasteiger partial charge in [0.15, 0.2) is 23.0 Å². The fourth-order valence-corrected chi connectivity index (χ4v) is 6.61. The highest BCUT2D eigenvalue weighted by Gasteiger charge is 2.54. The van der Waals surface area contributed by atoms with Crippen LogP contribution in [0.15, 0.2) is 54.6 Å². The molecule has 3 aromatic carbocycles. The van der Waals surface area contributed by atoms with Crippen molar-refractivity contribution in [2.45, 2.75) is 25.0 Å². The first kappa shape index (κ1) is 33.7. The SMILES string of the molecule is COc1cc([C@@H]2c3cc4c(cc3[C@H](OC(=O)N(C)CCCN(C)C)[C@@H]3C(=O)OC[C@@H]23)OCO4)cc(OC)c1OC(=O)OCc1ccccc1. The number of methoxy groups -OCH3 is 2. The predicted octanol–water partition coefficient (Wildman–Crippen LogP) is 5.14. The van der Waals surface area contributed by atoms with E-state index in [2.05, 4.69) is 0 Å². The summed E-state index contributed by atoms with van der Waals surface area (Å²) in [7, 11) is 8.51. The number of hydrogen-bond acceptors (Lipinski definition) is 12. The van der Waals surface area contributed by atoms with E-state index in [1.165, 1.54) is 19.1 Å². The third-order valence-electron chi connectivity index (χ3n) is 8.99. The maximum Gasteiger partial charge on any atom is 0.514 e. The fraction of sp³-hybridized carbons (Fsp3) is 0.417. The van der Waals surface area contributed by atoms with Gasteiger partial charge in [-0.05, 0) is 68.0 Å². The molecule has 0 bridgehead atoms. The number of esters is 1. The molecule has 0 aromatic heterocycles. The summed E-state index contributed by atoms with van der Waals surface area (Å²) >= 11 is 0. The van der Waals surface area contributed by atoms with Crippen LogP contribution >= 0.6 is 0 Å². The molecule has 49 heavy (non-hydrogen) atoms. The number of hydrogen-bond donors (Lipinski definition) is 0. The van der Waals surface area contributed by atoms with Crippen LogP contribution in [0.2, 0.25) is 0 Å². The second-order valence-electron chi connectivity index (χ2n) is 12.4. The van der Waals surface area contributed by atoms with Crippen molar-refractivity contribution in [1.82, 2.24) is 9.80 Å². The minimum atomic E-state index is -0.935. The van der Waals surface area contributed by atoms with Crippen LogP contribution in [0.3, 0.4) is 0 Å². The lowest BCUT2D eigenvalue weighted by molar-refractivity contribution is -0.144. The molecule has 2 aliphatic heterocycles. The number of benzene rings is 3. The van der Waals surface area contributed by atoms with Crippen LogP contribution in [-0.2, 0) is 25.6 Å². The van der Waals surface area contributed by atoms with E-state index in [1.54, 1.807) is 25.2 Å². The molecule has 1 fully saturated rings. The van der Waals surface area contributed by atoms with Gasteiger partial charge in [-0.25, -0.2) is 9.59 Å². The average Bonchev–Trinajstić information content (AvgIpc) is 3.72. The highest BCUT2D eigenvalue weighted by atomic mass is 16.7. The van der Waals surface area contributed by atoms with Crippen molar-refractivity contribution >= 4 is 18.2 Å². The van der Waals surface area contributed by atoms with E-state index in [1.807, 2.05) is 55.4 Å². The van der Waals surface area contributed by atoms with Gasteiger partial charge in [0.25, 0.3) is 0 Å². The molecule has 0 saturated carbocycles. The van der Waals surface area contributed by atoms with Crippen LogP contribution in [0.5, 0.6) is 28.7 Å². The molecule has 260 valence electrons. The Morgan fingerprint density at radius 1 is 0.878 bits per heavy atom. The van der Waals surface area contributed by atoms with E-state index < -0.39 is 42.1 Å². The largest absolute Gasteiger partial charge is 0.514 e. The molecule has 13 heteroatoms. The Labute approximate surface area is 284 Å². The molecule has 3 aromatic rings. The summed E-state index contributed by atoms with van der Waals surface area (Å²) in [6.07, 6.45) is -1.67. The van der Waals surface area contributed by atoms with E-state index >= 15 is 0 Å². The molecule has 4 atom stereocenters. The highest BCUT2D eigenvalue weighted by molar-refractivity contribution is 5.79. The molecule has 13 nitrogen and oxygen atoms in total. The summed E-state index contributed by atoms with van der Waals surface area (Å²) in [4.78, 5) is 43.1. The van der Waals surface area contributed by atoms with Gasteiger partial charge in [0.05, 0.1) is 20.8 Å². The van der Waals surface area contributed by atoms with Crippen molar-refractivity contribution in [3.8, 4) is 28.7 Å². The van der Waals surface area contributed by atoms with Gasteiger partial charge in [-0.3, -0.25) is 4.79 Å². The van der Waals surface area contributed by atoms with Crippen molar-refractivity contribution in [2.24, 2.45) is 11.8 Å². The number of carbonyl (C=O) groups is 3. The number of cyclic esters (lactones) is 1. The first-order valence-corrected chi connectivity index (χ1v) is 16.0. The molecule has 0 radical (unpaired) electrons. The normalized spacial score (nSPS) is 20.2. The zero-order valence-electron chi connectivity index (χ0n) is 28.1. The summed E-state index contributed by atoms with van der Waals surface area (Å²) < 4.78 is 45.5. The average molecular weight is 677 g/mol. The van der Waals surface area contributed by atoms with E-state index in [9.17, 15) is 14.4 Å². The molecule has 1 saturated heterocycles. The Morgan fingerprint density at radius 2 is 1.55 bits per heavy atom. The monoisotopic (exact) mass is 676 g/mol. The van der Waals surface area contributed by atoms with Crippen LogP contribution in [0, 0.1) is 11.8 Å². The topological polar surface area (TPSA) is 132 Å². The molecular formula is C36H40N2O11. The summed E-state index contributed by atoms with van der Waals surface area (Å²) in [6.45, 7) is 1.42. The van der Waals surface area contributed by atoms with Gasteiger partial charge in [0.1, 0.15) is 18.6 Å². The Kier molecular flexibility index (Phi) is 10.00. The third kappa shape index (κ3) is 7.02. The molecule has 1 aliphatic carbocycles. The summed E-state index contributed by atoms with van der Waals surface area (Å²) in [5.74, 6) is -0.706. The second kappa shape index (κ2) is 14.5. The minimum absolute atomic E-state index is 0.0199. The molecule has 0 N–H and O–H groups in total. The van der Waals surface area contributed by atoms with Gasteiger partial charge in [0.2, 0.25) is 12.5 Å². The maximum atomic E-state index is 13.4. The lowest BCUT2D eigenvalue weighted by atomic mass is 9.66. The van der Waals surface area contributed by atoms with Crippen LogP contribution < -0.4 is 23.7 Å². The maximum absolute atomic E-state index is 13.4. The minimum Gasteiger partial charge on any atom is -0.493 e. The van der Waals surface area contributed by atoms with Crippen LogP contribution in [0.4, 0.5) is 9.59 Å². The summed E-state index contributed by atoms with van der Waals surface area (Å²) in [6, 6.07) is 16.3. The highest BCUT2D eigenvalue weighted by Crippen LogP contribution is 2.56. The van der Waals surface area contributed by atoms with Gasteiger partial charge in [-0.15, -0.1) is 0 Å². The number of rotatable bonds is 11.